The molecule has 0 bridgehead atoms. The summed E-state index contributed by atoms with van der Waals surface area (Å²) in [6, 6.07) is 5.75. The van der Waals surface area contributed by atoms with Crippen molar-refractivity contribution in [2.45, 2.75) is 40.5 Å². The van der Waals surface area contributed by atoms with E-state index in [-0.39, 0.29) is 18.9 Å². The molecule has 0 aliphatic heterocycles. The highest BCUT2D eigenvalue weighted by Gasteiger charge is 2.22. The molecule has 0 atom stereocenters. The molecular formula is C17H28N2O3S. The molecule has 0 aromatic heterocycles. The molecule has 0 heterocycles. The van der Waals surface area contributed by atoms with Gasteiger partial charge in [0.1, 0.15) is 0 Å². The molecule has 0 fully saturated rings. The number of hydrogen-bond acceptors (Lipinski definition) is 3. The van der Waals surface area contributed by atoms with Gasteiger partial charge in [-0.05, 0) is 30.4 Å². The third-order valence-corrected chi connectivity index (χ3v) is 4.77. The number of hydrogen-bond donors (Lipinski definition) is 1. The molecule has 1 aromatic rings. The number of anilines is 1. The van der Waals surface area contributed by atoms with Crippen molar-refractivity contribution in [1.29, 1.82) is 0 Å². The fourth-order valence-electron chi connectivity index (χ4n) is 2.41. The van der Waals surface area contributed by atoms with Gasteiger partial charge in [-0.15, -0.1) is 0 Å². The van der Waals surface area contributed by atoms with Gasteiger partial charge in [0.15, 0.2) is 0 Å². The summed E-state index contributed by atoms with van der Waals surface area (Å²) < 4.78 is 25.8. The summed E-state index contributed by atoms with van der Waals surface area (Å²) in [5, 5.41) is 2.82. The predicted molar refractivity (Wildman–Crippen MR) is 95.2 cm³/mol. The lowest BCUT2D eigenvalue weighted by Gasteiger charge is -2.26. The van der Waals surface area contributed by atoms with Gasteiger partial charge in [0.25, 0.3) is 0 Å². The van der Waals surface area contributed by atoms with Crippen molar-refractivity contribution < 1.29 is 13.2 Å². The molecule has 1 amide bonds. The molecule has 5 nitrogen and oxygen atoms in total. The number of carbonyl (C=O) groups is 1. The van der Waals surface area contributed by atoms with E-state index in [0.29, 0.717) is 18.2 Å². The van der Waals surface area contributed by atoms with Gasteiger partial charge in [-0.3, -0.25) is 9.10 Å². The van der Waals surface area contributed by atoms with Crippen LogP contribution < -0.4 is 9.62 Å². The summed E-state index contributed by atoms with van der Waals surface area (Å²) >= 11 is 0. The van der Waals surface area contributed by atoms with Crippen molar-refractivity contribution in [2.24, 2.45) is 5.92 Å². The van der Waals surface area contributed by atoms with Gasteiger partial charge < -0.3 is 5.32 Å². The average molecular weight is 340 g/mol. The minimum Gasteiger partial charge on any atom is -0.356 e. The number of amides is 1. The lowest BCUT2D eigenvalue weighted by atomic mass is 10.1. The number of sulfonamides is 1. The minimum absolute atomic E-state index is 0.126. The topological polar surface area (TPSA) is 66.5 Å². The van der Waals surface area contributed by atoms with Crippen molar-refractivity contribution in [3.8, 4) is 0 Å². The van der Waals surface area contributed by atoms with Crippen molar-refractivity contribution in [3.05, 3.63) is 29.3 Å². The molecule has 0 saturated heterocycles. The maximum Gasteiger partial charge on any atom is 0.232 e. The van der Waals surface area contributed by atoms with Crippen molar-refractivity contribution in [3.63, 3.8) is 0 Å². The minimum atomic E-state index is -3.45. The summed E-state index contributed by atoms with van der Waals surface area (Å²) in [4.78, 5) is 11.9. The SMILES string of the molecule is CCc1cccc(C)c1N(CCC(=O)NCC(C)C)S(C)(=O)=O. The lowest BCUT2D eigenvalue weighted by molar-refractivity contribution is -0.121. The van der Waals surface area contributed by atoms with Crippen LogP contribution in [-0.4, -0.2) is 33.7 Å². The van der Waals surface area contributed by atoms with Crippen LogP contribution in [-0.2, 0) is 21.2 Å². The number of rotatable bonds is 8. The van der Waals surface area contributed by atoms with E-state index in [1.165, 1.54) is 10.6 Å². The third kappa shape index (κ3) is 5.86. The van der Waals surface area contributed by atoms with Crippen molar-refractivity contribution in [1.82, 2.24) is 5.32 Å². The highest BCUT2D eigenvalue weighted by Crippen LogP contribution is 2.28. The Bertz CT molecular complexity index is 639. The molecule has 0 spiro atoms. The summed E-state index contributed by atoms with van der Waals surface area (Å²) in [6.07, 6.45) is 2.07. The average Bonchev–Trinajstić information content (AvgIpc) is 2.45. The van der Waals surface area contributed by atoms with E-state index >= 15 is 0 Å². The molecule has 23 heavy (non-hydrogen) atoms. The zero-order chi connectivity index (χ0) is 17.6. The predicted octanol–water partition coefficient (Wildman–Crippen LogP) is 2.49. The summed E-state index contributed by atoms with van der Waals surface area (Å²) in [6.45, 7) is 8.68. The van der Waals surface area contributed by atoms with Gasteiger partial charge in [-0.25, -0.2) is 8.42 Å². The second-order valence-electron chi connectivity index (χ2n) is 6.22. The molecule has 130 valence electrons. The third-order valence-electron chi connectivity index (χ3n) is 3.60. The number of nitrogens with one attached hydrogen (secondary N) is 1. The van der Waals surface area contributed by atoms with Crippen LogP contribution in [0.4, 0.5) is 5.69 Å². The number of nitrogens with zero attached hydrogens (tertiary/aromatic N) is 1. The Morgan fingerprint density at radius 1 is 1.30 bits per heavy atom. The van der Waals surface area contributed by atoms with E-state index in [0.717, 1.165) is 17.5 Å². The Morgan fingerprint density at radius 3 is 2.48 bits per heavy atom. The second kappa shape index (κ2) is 8.34. The second-order valence-corrected chi connectivity index (χ2v) is 8.13. The van der Waals surface area contributed by atoms with Gasteiger partial charge in [0.05, 0.1) is 11.9 Å². The molecular weight excluding hydrogens is 312 g/mol. The zero-order valence-electron chi connectivity index (χ0n) is 14.7. The number of benzene rings is 1. The lowest BCUT2D eigenvalue weighted by Crippen LogP contribution is -2.36. The molecule has 0 unspecified atom stereocenters. The van der Waals surface area contributed by atoms with E-state index in [9.17, 15) is 13.2 Å². The summed E-state index contributed by atoms with van der Waals surface area (Å²) in [7, 11) is -3.45. The van der Waals surface area contributed by atoms with E-state index in [1.54, 1.807) is 0 Å². The smallest absolute Gasteiger partial charge is 0.232 e. The molecule has 0 radical (unpaired) electrons. The van der Waals surface area contributed by atoms with Gasteiger partial charge in [-0.1, -0.05) is 39.0 Å². The Hall–Kier alpha value is -1.56. The molecule has 0 aliphatic rings. The number of aryl methyl sites for hydroxylation is 2. The van der Waals surface area contributed by atoms with Crippen LogP contribution in [0, 0.1) is 12.8 Å². The molecule has 0 saturated carbocycles. The molecule has 1 rings (SSSR count). The molecule has 6 heteroatoms. The van der Waals surface area contributed by atoms with Crippen LogP contribution in [0.3, 0.4) is 0 Å². The van der Waals surface area contributed by atoms with Crippen LogP contribution in [0.2, 0.25) is 0 Å². The van der Waals surface area contributed by atoms with Crippen molar-refractivity contribution in [2.75, 3.05) is 23.7 Å². The molecule has 1 aromatic carbocycles. The van der Waals surface area contributed by atoms with E-state index < -0.39 is 10.0 Å². The van der Waals surface area contributed by atoms with Crippen LogP contribution in [0.1, 0.15) is 38.3 Å². The first-order valence-corrected chi connectivity index (χ1v) is 9.84. The van der Waals surface area contributed by atoms with Gasteiger partial charge in [0.2, 0.25) is 15.9 Å². The monoisotopic (exact) mass is 340 g/mol. The maximum absolute atomic E-state index is 12.2. The van der Waals surface area contributed by atoms with E-state index in [4.69, 9.17) is 0 Å². The molecule has 0 aliphatic carbocycles. The number of carbonyl (C=O) groups excluding carboxylic acids is 1. The van der Waals surface area contributed by atoms with Crippen LogP contribution >= 0.6 is 0 Å². The first kappa shape index (κ1) is 19.5. The normalized spacial score (nSPS) is 11.6. The summed E-state index contributed by atoms with van der Waals surface area (Å²) in [5.74, 6) is 0.243. The highest BCUT2D eigenvalue weighted by molar-refractivity contribution is 7.92. The highest BCUT2D eigenvalue weighted by atomic mass is 32.2. The van der Waals surface area contributed by atoms with Crippen molar-refractivity contribution >= 4 is 21.6 Å². The van der Waals surface area contributed by atoms with Crippen LogP contribution in [0.5, 0.6) is 0 Å². The standard InChI is InChI=1S/C17H28N2O3S/c1-6-15-9-7-8-14(4)17(15)19(23(5,21)22)11-10-16(20)18-12-13(2)3/h7-9,13H,6,10-12H2,1-5H3,(H,18,20). The van der Waals surface area contributed by atoms with Gasteiger partial charge >= 0.3 is 0 Å². The quantitative estimate of drug-likeness (QED) is 0.790. The van der Waals surface area contributed by atoms with Crippen LogP contribution in [0.25, 0.3) is 0 Å². The summed E-state index contributed by atoms with van der Waals surface area (Å²) in [5.41, 5.74) is 2.57. The Labute approximate surface area is 140 Å². The zero-order valence-corrected chi connectivity index (χ0v) is 15.5. The first-order chi connectivity index (χ1) is 10.7. The van der Waals surface area contributed by atoms with Gasteiger partial charge in [-0.2, -0.15) is 0 Å². The first-order valence-electron chi connectivity index (χ1n) is 7.99. The molecule has 1 N–H and O–H groups in total. The Kier molecular flexibility index (Phi) is 7.06. The van der Waals surface area contributed by atoms with Crippen LogP contribution in [0.15, 0.2) is 18.2 Å². The van der Waals surface area contributed by atoms with Gasteiger partial charge in [0, 0.05) is 19.5 Å². The largest absolute Gasteiger partial charge is 0.356 e. The Morgan fingerprint density at radius 2 is 1.96 bits per heavy atom. The Balaban J connectivity index is 2.98. The van der Waals surface area contributed by atoms with E-state index in [1.807, 2.05) is 45.9 Å². The maximum atomic E-state index is 12.2. The fourth-order valence-corrected chi connectivity index (χ4v) is 3.43. The fraction of sp³-hybridized carbons (Fsp3) is 0.588. The van der Waals surface area contributed by atoms with E-state index in [2.05, 4.69) is 5.32 Å². The number of para-hydroxylation sites is 1.